The number of hydrogen-bond acceptors (Lipinski definition) is 2. The Morgan fingerprint density at radius 3 is 2.63 bits per heavy atom. The Balaban J connectivity index is 2.32. The van der Waals surface area contributed by atoms with Crippen LogP contribution in [0.4, 0.5) is 0 Å². The summed E-state index contributed by atoms with van der Waals surface area (Å²) in [5, 5.41) is 4.40. The number of ether oxygens (including phenoxy) is 1. The van der Waals surface area contributed by atoms with Crippen LogP contribution in [0.3, 0.4) is 0 Å². The molecule has 1 aliphatic carbocycles. The lowest BCUT2D eigenvalue weighted by Crippen LogP contribution is -2.47. The molecular formula is C16H24ClNO. The average molecular weight is 282 g/mol. The van der Waals surface area contributed by atoms with Crippen molar-refractivity contribution in [3.8, 4) is 0 Å². The summed E-state index contributed by atoms with van der Waals surface area (Å²) in [6.07, 6.45) is 6.05. The summed E-state index contributed by atoms with van der Waals surface area (Å²) in [7, 11) is 1.85. The molecule has 1 unspecified atom stereocenters. The number of methoxy groups -OCH3 is 1. The predicted molar refractivity (Wildman–Crippen MR) is 80.7 cm³/mol. The van der Waals surface area contributed by atoms with Crippen LogP contribution < -0.4 is 5.32 Å². The molecule has 106 valence electrons. The second-order valence-corrected chi connectivity index (χ2v) is 5.81. The van der Waals surface area contributed by atoms with E-state index in [0.717, 1.165) is 24.4 Å². The fourth-order valence-electron chi connectivity index (χ4n) is 3.26. The average Bonchev–Trinajstić information content (AvgIpc) is 2.45. The molecule has 0 aliphatic heterocycles. The highest BCUT2D eigenvalue weighted by molar-refractivity contribution is 6.30. The first-order chi connectivity index (χ1) is 9.22. The second kappa shape index (κ2) is 6.74. The van der Waals surface area contributed by atoms with E-state index in [4.69, 9.17) is 16.3 Å². The minimum atomic E-state index is -0.0844. The Kier molecular flexibility index (Phi) is 5.26. The van der Waals surface area contributed by atoms with Crippen LogP contribution in [-0.4, -0.2) is 19.3 Å². The molecule has 1 fully saturated rings. The number of rotatable bonds is 5. The van der Waals surface area contributed by atoms with Gasteiger partial charge in [-0.1, -0.05) is 49.9 Å². The highest BCUT2D eigenvalue weighted by Crippen LogP contribution is 2.41. The molecule has 1 aromatic carbocycles. The maximum absolute atomic E-state index is 6.15. The van der Waals surface area contributed by atoms with Crippen LogP contribution in [0, 0.1) is 0 Å². The van der Waals surface area contributed by atoms with Crippen LogP contribution in [0.1, 0.15) is 50.6 Å². The Bertz CT molecular complexity index is 401. The number of hydrogen-bond donors (Lipinski definition) is 1. The number of likely N-dealkylation sites (N-methyl/N-ethyl adjacent to an activating group) is 1. The molecule has 0 saturated heterocycles. The molecule has 2 nitrogen and oxygen atoms in total. The van der Waals surface area contributed by atoms with Crippen LogP contribution in [-0.2, 0) is 4.74 Å². The molecular weight excluding hydrogens is 258 g/mol. The second-order valence-electron chi connectivity index (χ2n) is 5.38. The molecule has 0 radical (unpaired) electrons. The van der Waals surface area contributed by atoms with Gasteiger partial charge in [-0.25, -0.2) is 0 Å². The van der Waals surface area contributed by atoms with Crippen LogP contribution in [0.15, 0.2) is 24.3 Å². The number of benzene rings is 1. The normalized spacial score (nSPS) is 20.2. The molecule has 0 heterocycles. The maximum atomic E-state index is 6.15. The third-order valence-corrected chi connectivity index (χ3v) is 4.46. The van der Waals surface area contributed by atoms with Gasteiger partial charge in [0.25, 0.3) is 0 Å². The first-order valence-electron chi connectivity index (χ1n) is 7.26. The molecule has 0 spiro atoms. The molecule has 19 heavy (non-hydrogen) atoms. The summed E-state index contributed by atoms with van der Waals surface area (Å²) < 4.78 is 5.98. The van der Waals surface area contributed by atoms with E-state index in [1.165, 1.54) is 24.8 Å². The van der Waals surface area contributed by atoms with E-state index in [1.807, 2.05) is 19.2 Å². The van der Waals surface area contributed by atoms with Crippen molar-refractivity contribution < 1.29 is 4.74 Å². The van der Waals surface area contributed by atoms with Crippen molar-refractivity contribution in [2.45, 2.75) is 50.7 Å². The largest absolute Gasteiger partial charge is 0.376 e. The quantitative estimate of drug-likeness (QED) is 0.867. The number of halogens is 1. The Labute approximate surface area is 121 Å². The third kappa shape index (κ3) is 3.31. The molecule has 0 aromatic heterocycles. The Morgan fingerprint density at radius 2 is 2.05 bits per heavy atom. The van der Waals surface area contributed by atoms with Gasteiger partial charge in [-0.05, 0) is 37.1 Å². The summed E-state index contributed by atoms with van der Waals surface area (Å²) in [6, 6.07) is 8.38. The van der Waals surface area contributed by atoms with Gasteiger partial charge in [0.1, 0.15) is 0 Å². The number of nitrogens with one attached hydrogen (secondary N) is 1. The highest BCUT2D eigenvalue weighted by Gasteiger charge is 2.40. The van der Waals surface area contributed by atoms with E-state index >= 15 is 0 Å². The van der Waals surface area contributed by atoms with Crippen molar-refractivity contribution in [2.24, 2.45) is 0 Å². The minimum absolute atomic E-state index is 0.0844. The van der Waals surface area contributed by atoms with Crippen molar-refractivity contribution in [3.05, 3.63) is 34.9 Å². The van der Waals surface area contributed by atoms with Crippen molar-refractivity contribution in [3.63, 3.8) is 0 Å². The van der Waals surface area contributed by atoms with Gasteiger partial charge >= 0.3 is 0 Å². The van der Waals surface area contributed by atoms with E-state index in [1.54, 1.807) is 0 Å². The van der Waals surface area contributed by atoms with Gasteiger partial charge in [0.15, 0.2) is 0 Å². The van der Waals surface area contributed by atoms with Gasteiger partial charge in [-0.3, -0.25) is 0 Å². The summed E-state index contributed by atoms with van der Waals surface area (Å²) in [5.41, 5.74) is 1.15. The standard InChI is InChI=1S/C16H24ClNO/c1-3-18-15(13-8-7-9-14(17)12-13)16(19-2)10-5-4-6-11-16/h7-9,12,15,18H,3-6,10-11H2,1-2H3. The molecule has 1 aliphatic rings. The summed E-state index contributed by atoms with van der Waals surface area (Å²) >= 11 is 6.15. The Morgan fingerprint density at radius 1 is 1.32 bits per heavy atom. The lowest BCUT2D eigenvalue weighted by Gasteiger charge is -2.43. The van der Waals surface area contributed by atoms with Gasteiger partial charge < -0.3 is 10.1 Å². The smallest absolute Gasteiger partial charge is 0.0872 e. The van der Waals surface area contributed by atoms with Crippen LogP contribution in [0.25, 0.3) is 0 Å². The van der Waals surface area contributed by atoms with E-state index in [0.29, 0.717) is 0 Å². The summed E-state index contributed by atoms with van der Waals surface area (Å²) in [5.74, 6) is 0. The molecule has 0 bridgehead atoms. The van der Waals surface area contributed by atoms with Crippen LogP contribution >= 0.6 is 11.6 Å². The first kappa shape index (κ1) is 14.8. The lowest BCUT2D eigenvalue weighted by atomic mass is 9.76. The van der Waals surface area contributed by atoms with E-state index < -0.39 is 0 Å². The highest BCUT2D eigenvalue weighted by atomic mass is 35.5. The summed E-state index contributed by atoms with van der Waals surface area (Å²) in [4.78, 5) is 0. The SMILES string of the molecule is CCNC(c1cccc(Cl)c1)C1(OC)CCCCC1. The molecule has 1 aromatic rings. The zero-order valence-corrected chi connectivity index (χ0v) is 12.7. The molecule has 1 atom stereocenters. The van der Waals surface area contributed by atoms with E-state index in [9.17, 15) is 0 Å². The first-order valence-corrected chi connectivity index (χ1v) is 7.63. The molecule has 1 N–H and O–H groups in total. The third-order valence-electron chi connectivity index (χ3n) is 4.22. The summed E-state index contributed by atoms with van der Waals surface area (Å²) in [6.45, 7) is 3.08. The van der Waals surface area contributed by atoms with Crippen molar-refractivity contribution in [1.29, 1.82) is 0 Å². The predicted octanol–water partition coefficient (Wildman–Crippen LogP) is 4.34. The Hall–Kier alpha value is -0.570. The zero-order chi connectivity index (χ0) is 13.7. The topological polar surface area (TPSA) is 21.3 Å². The zero-order valence-electron chi connectivity index (χ0n) is 11.9. The van der Waals surface area contributed by atoms with Crippen molar-refractivity contribution in [1.82, 2.24) is 5.32 Å². The lowest BCUT2D eigenvalue weighted by molar-refractivity contribution is -0.0684. The van der Waals surface area contributed by atoms with Crippen molar-refractivity contribution >= 4 is 11.6 Å². The van der Waals surface area contributed by atoms with E-state index in [-0.39, 0.29) is 11.6 Å². The fraction of sp³-hybridized carbons (Fsp3) is 0.625. The van der Waals surface area contributed by atoms with Crippen LogP contribution in [0.5, 0.6) is 0 Å². The van der Waals surface area contributed by atoms with Gasteiger partial charge in [0, 0.05) is 12.1 Å². The molecule has 3 heteroatoms. The van der Waals surface area contributed by atoms with E-state index in [2.05, 4.69) is 24.4 Å². The minimum Gasteiger partial charge on any atom is -0.376 e. The molecule has 1 saturated carbocycles. The maximum Gasteiger partial charge on any atom is 0.0872 e. The van der Waals surface area contributed by atoms with Gasteiger partial charge in [-0.15, -0.1) is 0 Å². The van der Waals surface area contributed by atoms with Crippen molar-refractivity contribution in [2.75, 3.05) is 13.7 Å². The fourth-order valence-corrected chi connectivity index (χ4v) is 3.46. The monoisotopic (exact) mass is 281 g/mol. The molecule has 0 amide bonds. The van der Waals surface area contributed by atoms with Gasteiger partial charge in [0.05, 0.1) is 11.6 Å². The van der Waals surface area contributed by atoms with Crippen LogP contribution in [0.2, 0.25) is 5.02 Å². The van der Waals surface area contributed by atoms with Gasteiger partial charge in [-0.2, -0.15) is 0 Å². The van der Waals surface area contributed by atoms with Gasteiger partial charge in [0.2, 0.25) is 0 Å². The molecule has 2 rings (SSSR count).